The summed E-state index contributed by atoms with van der Waals surface area (Å²) in [5.74, 6) is -2.61. The molecule has 0 bridgehead atoms. The lowest BCUT2D eigenvalue weighted by Crippen LogP contribution is -2.48. The molecule has 1 aliphatic heterocycles. The van der Waals surface area contributed by atoms with Gasteiger partial charge in [0.1, 0.15) is 18.5 Å². The van der Waals surface area contributed by atoms with Gasteiger partial charge in [0.25, 0.3) is 5.91 Å². The van der Waals surface area contributed by atoms with Gasteiger partial charge in [-0.25, -0.2) is 23.1 Å². The molecule has 2 aromatic rings. The summed E-state index contributed by atoms with van der Waals surface area (Å²) in [6.07, 6.45) is 0.565. The highest BCUT2D eigenvalue weighted by Gasteiger charge is 2.62. The minimum atomic E-state index is -1.29. The second-order valence-electron chi connectivity index (χ2n) is 6.55. The number of amides is 2. The van der Waals surface area contributed by atoms with Gasteiger partial charge in [-0.05, 0) is 34.5 Å². The smallest absolute Gasteiger partial charge is 0.254 e. The number of fused-ring (bicyclic) bond motifs is 2. The van der Waals surface area contributed by atoms with E-state index in [1.165, 1.54) is 17.0 Å². The van der Waals surface area contributed by atoms with Crippen molar-refractivity contribution in [3.05, 3.63) is 51.8 Å². The second kappa shape index (κ2) is 6.29. The van der Waals surface area contributed by atoms with E-state index in [1.54, 1.807) is 0 Å². The van der Waals surface area contributed by atoms with Crippen LogP contribution in [0.25, 0.3) is 0 Å². The highest BCUT2D eigenvalue weighted by Crippen LogP contribution is 2.55. The molecule has 2 aliphatic rings. The summed E-state index contributed by atoms with van der Waals surface area (Å²) in [7, 11) is 0. The molecule has 1 aromatic heterocycles. The Morgan fingerprint density at radius 3 is 2.63 bits per heavy atom. The summed E-state index contributed by atoms with van der Waals surface area (Å²) in [5.41, 5.74) is -1.02. The van der Waals surface area contributed by atoms with Crippen molar-refractivity contribution in [1.29, 1.82) is 0 Å². The van der Waals surface area contributed by atoms with Gasteiger partial charge in [0.05, 0.1) is 22.3 Å². The molecule has 1 aromatic carbocycles. The van der Waals surface area contributed by atoms with Gasteiger partial charge in [-0.1, -0.05) is 0 Å². The van der Waals surface area contributed by atoms with Gasteiger partial charge in [-0.2, -0.15) is 0 Å². The zero-order valence-corrected chi connectivity index (χ0v) is 15.3. The van der Waals surface area contributed by atoms with Crippen LogP contribution in [0, 0.1) is 11.6 Å². The number of nitrogens with one attached hydrogen (secondary N) is 1. The molecule has 1 N–H and O–H groups in total. The van der Waals surface area contributed by atoms with Crippen molar-refractivity contribution in [2.45, 2.75) is 18.0 Å². The predicted molar refractivity (Wildman–Crippen MR) is 91.8 cm³/mol. The Morgan fingerprint density at radius 1 is 1.33 bits per heavy atom. The average Bonchev–Trinajstić information content (AvgIpc) is 3.26. The van der Waals surface area contributed by atoms with E-state index >= 15 is 0 Å². The fraction of sp³-hybridized carbons (Fsp3) is 0.294. The van der Waals surface area contributed by atoms with Crippen LogP contribution in [0.2, 0.25) is 0 Å². The molecule has 2 atom stereocenters. The molecule has 27 heavy (non-hydrogen) atoms. The highest BCUT2D eigenvalue weighted by molar-refractivity contribution is 9.10. The van der Waals surface area contributed by atoms with Gasteiger partial charge in [0.15, 0.2) is 5.82 Å². The number of alkyl halides is 1. The van der Waals surface area contributed by atoms with E-state index in [-0.39, 0.29) is 41.1 Å². The number of halogens is 4. The molecule has 2 heterocycles. The molecule has 140 valence electrons. The lowest BCUT2D eigenvalue weighted by molar-refractivity contribution is -0.117. The largest absolute Gasteiger partial charge is 0.328 e. The van der Waals surface area contributed by atoms with Gasteiger partial charge in [0.2, 0.25) is 11.9 Å². The van der Waals surface area contributed by atoms with Crippen LogP contribution < -0.4 is 5.32 Å². The van der Waals surface area contributed by atoms with E-state index in [4.69, 9.17) is 0 Å². The Labute approximate surface area is 159 Å². The summed E-state index contributed by atoms with van der Waals surface area (Å²) in [5, 5.41) is 2.34. The van der Waals surface area contributed by atoms with Crippen LogP contribution in [0.5, 0.6) is 0 Å². The fourth-order valence-corrected chi connectivity index (χ4v) is 3.73. The van der Waals surface area contributed by atoms with Gasteiger partial charge in [-0.3, -0.25) is 14.9 Å². The van der Waals surface area contributed by atoms with Gasteiger partial charge >= 0.3 is 0 Å². The average molecular weight is 441 g/mol. The topological polar surface area (TPSA) is 75.2 Å². The SMILES string of the molecule is O=C(CN1C[C@]2(C[C@H]2F)c2c(ccc(Br)c2F)C1=O)Nc1ncc(F)cn1. The first kappa shape index (κ1) is 17.9. The maximum absolute atomic E-state index is 14.6. The Bertz CT molecular complexity index is 956. The minimum absolute atomic E-state index is 0.0490. The summed E-state index contributed by atoms with van der Waals surface area (Å²) < 4.78 is 41.7. The van der Waals surface area contributed by atoms with E-state index in [1.807, 2.05) is 0 Å². The number of carbonyl (C=O) groups excluding carboxylic acids is 2. The molecular formula is C17H12BrF3N4O2. The van der Waals surface area contributed by atoms with E-state index in [0.717, 1.165) is 12.4 Å². The van der Waals surface area contributed by atoms with Gasteiger partial charge in [0, 0.05) is 17.7 Å². The minimum Gasteiger partial charge on any atom is -0.328 e. The first-order chi connectivity index (χ1) is 12.8. The molecule has 6 nitrogen and oxygen atoms in total. The maximum Gasteiger partial charge on any atom is 0.254 e. The van der Waals surface area contributed by atoms with Crippen LogP contribution in [0.3, 0.4) is 0 Å². The number of benzene rings is 1. The normalized spacial score (nSPS) is 23.3. The Morgan fingerprint density at radius 2 is 2.00 bits per heavy atom. The Hall–Kier alpha value is -2.49. The number of carbonyl (C=O) groups is 2. The van der Waals surface area contributed by atoms with Crippen LogP contribution >= 0.6 is 15.9 Å². The number of anilines is 1. The molecule has 10 heteroatoms. The first-order valence-corrected chi connectivity index (χ1v) is 8.80. The number of aromatic nitrogens is 2. The highest BCUT2D eigenvalue weighted by atomic mass is 79.9. The molecule has 0 unspecified atom stereocenters. The Balaban J connectivity index is 1.58. The zero-order valence-electron chi connectivity index (χ0n) is 13.7. The predicted octanol–water partition coefficient (Wildman–Crippen LogP) is 2.59. The number of nitrogens with zero attached hydrogens (tertiary/aromatic N) is 3. The third-order valence-electron chi connectivity index (χ3n) is 4.77. The summed E-state index contributed by atoms with van der Waals surface area (Å²) >= 11 is 3.06. The number of hydrogen-bond donors (Lipinski definition) is 1. The molecule has 1 fully saturated rings. The summed E-state index contributed by atoms with van der Waals surface area (Å²) in [6.45, 7) is -0.490. The van der Waals surface area contributed by atoms with Crippen LogP contribution in [0.1, 0.15) is 22.3 Å². The van der Waals surface area contributed by atoms with Crippen molar-refractivity contribution >= 4 is 33.7 Å². The third-order valence-corrected chi connectivity index (χ3v) is 5.38. The van der Waals surface area contributed by atoms with Crippen molar-refractivity contribution in [3.63, 3.8) is 0 Å². The standard InChI is InChI=1S/C17H12BrF3N4O2/c18-10-2-1-9-13(14(10)21)17(3-11(17)20)7-25(15(9)27)6-12(26)24-16-22-4-8(19)5-23-16/h1-2,4-5,11H,3,6-7H2,(H,22,23,24,26)/t11-,17+/m1/s1. The molecule has 0 saturated heterocycles. The number of rotatable bonds is 3. The quantitative estimate of drug-likeness (QED) is 0.795. The molecule has 2 amide bonds. The van der Waals surface area contributed by atoms with Gasteiger partial charge < -0.3 is 4.90 Å². The first-order valence-electron chi connectivity index (χ1n) is 8.01. The van der Waals surface area contributed by atoms with Crippen molar-refractivity contribution in [2.24, 2.45) is 0 Å². The monoisotopic (exact) mass is 440 g/mol. The molecule has 1 aliphatic carbocycles. The van der Waals surface area contributed by atoms with Crippen LogP contribution in [-0.4, -0.2) is 45.9 Å². The molecule has 0 radical (unpaired) electrons. The molecule has 1 saturated carbocycles. The Kier molecular flexibility index (Phi) is 4.17. The summed E-state index contributed by atoms with van der Waals surface area (Å²) in [4.78, 5) is 33.3. The molecule has 4 rings (SSSR count). The zero-order chi connectivity index (χ0) is 19.3. The van der Waals surface area contributed by atoms with E-state index in [9.17, 15) is 22.8 Å². The van der Waals surface area contributed by atoms with Crippen LogP contribution in [-0.2, 0) is 10.2 Å². The summed E-state index contributed by atoms with van der Waals surface area (Å²) in [6, 6.07) is 2.80. The second-order valence-corrected chi connectivity index (χ2v) is 7.40. The lowest BCUT2D eigenvalue weighted by atomic mass is 9.85. The van der Waals surface area contributed by atoms with Crippen molar-refractivity contribution in [1.82, 2.24) is 14.9 Å². The van der Waals surface area contributed by atoms with Crippen LogP contribution in [0.15, 0.2) is 29.0 Å². The third kappa shape index (κ3) is 2.97. The van der Waals surface area contributed by atoms with Crippen molar-refractivity contribution in [3.8, 4) is 0 Å². The number of hydrogen-bond acceptors (Lipinski definition) is 4. The molecule has 1 spiro atoms. The van der Waals surface area contributed by atoms with E-state index in [2.05, 4.69) is 31.2 Å². The van der Waals surface area contributed by atoms with Crippen molar-refractivity contribution < 1.29 is 22.8 Å². The van der Waals surface area contributed by atoms with Crippen LogP contribution in [0.4, 0.5) is 19.1 Å². The fourth-order valence-electron chi connectivity index (χ4n) is 3.40. The lowest BCUT2D eigenvalue weighted by Gasteiger charge is -2.34. The maximum atomic E-state index is 14.6. The van der Waals surface area contributed by atoms with Gasteiger partial charge in [-0.15, -0.1) is 0 Å². The van der Waals surface area contributed by atoms with Crippen molar-refractivity contribution in [2.75, 3.05) is 18.4 Å². The van der Waals surface area contributed by atoms with E-state index in [0.29, 0.717) is 0 Å². The van der Waals surface area contributed by atoms with E-state index < -0.39 is 35.0 Å². The molecular weight excluding hydrogens is 429 g/mol.